The van der Waals surface area contributed by atoms with E-state index in [-0.39, 0.29) is 0 Å². The Kier molecular flexibility index (Phi) is 10.7. The molecule has 5 N–H and O–H groups in total. The van der Waals surface area contributed by atoms with Gasteiger partial charge < -0.3 is 25.7 Å². The van der Waals surface area contributed by atoms with E-state index in [1.807, 2.05) is 18.2 Å². The van der Waals surface area contributed by atoms with Crippen LogP contribution in [0.2, 0.25) is 10.0 Å². The summed E-state index contributed by atoms with van der Waals surface area (Å²) in [6.07, 6.45) is -3.25. The SMILES string of the molecule is CCN(Cc1ccc(Cl)cc1Cl)C[C@@H]1CCNC1.O=C(O)C(O)C(O)C(=O)O. The van der Waals surface area contributed by atoms with Crippen molar-refractivity contribution in [3.8, 4) is 0 Å². The lowest BCUT2D eigenvalue weighted by Gasteiger charge is -2.24. The Balaban J connectivity index is 0.000000336. The van der Waals surface area contributed by atoms with Crippen molar-refractivity contribution in [3.63, 3.8) is 0 Å². The van der Waals surface area contributed by atoms with E-state index < -0.39 is 24.1 Å². The number of carbonyl (C=O) groups is 2. The van der Waals surface area contributed by atoms with Crippen LogP contribution in [0.15, 0.2) is 18.2 Å². The molecule has 1 aliphatic heterocycles. The standard InChI is InChI=1S/C14H20Cl2N2.C4H6O6/c1-2-18(9-11-5-6-17-8-11)10-12-3-4-13(15)7-14(12)16;5-1(3(7)8)2(6)4(9)10/h3-4,7,11,17H,2,5-6,8-10H2,1H3;1-2,5-6H,(H,7,8)(H,9,10)/t11-;/m1./s1. The van der Waals surface area contributed by atoms with Crippen LogP contribution in [0.25, 0.3) is 0 Å². The molecule has 10 heteroatoms. The van der Waals surface area contributed by atoms with E-state index in [9.17, 15) is 9.59 Å². The highest BCUT2D eigenvalue weighted by Crippen LogP contribution is 2.23. The van der Waals surface area contributed by atoms with Crippen LogP contribution in [0.4, 0.5) is 0 Å². The number of aliphatic hydroxyl groups is 2. The summed E-state index contributed by atoms with van der Waals surface area (Å²) in [5.74, 6) is -2.76. The number of carboxylic acid groups (broad SMARTS) is 2. The Morgan fingerprint density at radius 2 is 1.82 bits per heavy atom. The van der Waals surface area contributed by atoms with E-state index in [1.54, 1.807) is 0 Å². The number of rotatable bonds is 8. The molecule has 0 spiro atoms. The smallest absolute Gasteiger partial charge is 0.335 e. The molecule has 0 aliphatic carbocycles. The van der Waals surface area contributed by atoms with Crippen LogP contribution in [0.5, 0.6) is 0 Å². The second-order valence-electron chi connectivity index (χ2n) is 6.49. The first-order valence-electron chi connectivity index (χ1n) is 8.84. The minimum absolute atomic E-state index is 0.701. The molecular formula is C18H26Cl2N2O6. The van der Waals surface area contributed by atoms with Gasteiger partial charge in [0.2, 0.25) is 0 Å². The second-order valence-corrected chi connectivity index (χ2v) is 7.33. The predicted octanol–water partition coefficient (Wildman–Crippen LogP) is 1.30. The number of aliphatic hydroxyl groups excluding tert-OH is 2. The zero-order chi connectivity index (χ0) is 21.3. The maximum Gasteiger partial charge on any atom is 0.335 e. The molecule has 1 aromatic carbocycles. The van der Waals surface area contributed by atoms with Crippen LogP contribution in [0.3, 0.4) is 0 Å². The number of benzene rings is 1. The Hall–Kier alpha value is -1.42. The molecule has 8 nitrogen and oxygen atoms in total. The van der Waals surface area contributed by atoms with Gasteiger partial charge in [0.15, 0.2) is 12.2 Å². The van der Waals surface area contributed by atoms with Crippen LogP contribution in [-0.2, 0) is 16.1 Å². The highest BCUT2D eigenvalue weighted by Gasteiger charge is 2.29. The summed E-state index contributed by atoms with van der Waals surface area (Å²) in [4.78, 5) is 22.0. The normalized spacial score (nSPS) is 18.3. The first-order valence-corrected chi connectivity index (χ1v) is 9.60. The summed E-state index contributed by atoms with van der Waals surface area (Å²) < 4.78 is 0. The highest BCUT2D eigenvalue weighted by atomic mass is 35.5. The Labute approximate surface area is 173 Å². The van der Waals surface area contributed by atoms with Crippen molar-refractivity contribution in [1.29, 1.82) is 0 Å². The molecule has 3 atom stereocenters. The fourth-order valence-corrected chi connectivity index (χ4v) is 3.17. The van der Waals surface area contributed by atoms with E-state index >= 15 is 0 Å². The lowest BCUT2D eigenvalue weighted by atomic mass is 10.1. The minimum Gasteiger partial charge on any atom is -0.479 e. The van der Waals surface area contributed by atoms with Crippen molar-refractivity contribution in [2.24, 2.45) is 5.92 Å². The lowest BCUT2D eigenvalue weighted by molar-refractivity contribution is -0.165. The zero-order valence-corrected chi connectivity index (χ0v) is 17.0. The van der Waals surface area contributed by atoms with Crippen LogP contribution < -0.4 is 5.32 Å². The third-order valence-electron chi connectivity index (χ3n) is 4.34. The fraction of sp³-hybridized carbons (Fsp3) is 0.556. The first kappa shape index (κ1) is 24.6. The second kappa shape index (κ2) is 12.2. The average molecular weight is 437 g/mol. The number of hydrogen-bond acceptors (Lipinski definition) is 6. The number of carboxylic acids is 2. The van der Waals surface area contributed by atoms with Gasteiger partial charge in [-0.05, 0) is 49.7 Å². The quantitative estimate of drug-likeness (QED) is 0.412. The number of nitrogens with zero attached hydrogens (tertiary/aromatic N) is 1. The summed E-state index contributed by atoms with van der Waals surface area (Å²) in [6.45, 7) is 7.60. The van der Waals surface area contributed by atoms with Gasteiger partial charge in [-0.25, -0.2) is 9.59 Å². The van der Waals surface area contributed by atoms with Gasteiger partial charge in [-0.15, -0.1) is 0 Å². The van der Waals surface area contributed by atoms with Crippen molar-refractivity contribution < 1.29 is 30.0 Å². The zero-order valence-electron chi connectivity index (χ0n) is 15.5. The van der Waals surface area contributed by atoms with E-state index in [2.05, 4.69) is 17.1 Å². The van der Waals surface area contributed by atoms with Gasteiger partial charge in [-0.1, -0.05) is 36.2 Å². The molecule has 0 radical (unpaired) electrons. The Morgan fingerprint density at radius 3 is 2.25 bits per heavy atom. The highest BCUT2D eigenvalue weighted by molar-refractivity contribution is 6.35. The van der Waals surface area contributed by atoms with E-state index in [4.69, 9.17) is 43.6 Å². The fourth-order valence-electron chi connectivity index (χ4n) is 2.70. The maximum atomic E-state index is 9.77. The maximum absolute atomic E-state index is 9.77. The van der Waals surface area contributed by atoms with Crippen molar-refractivity contribution in [3.05, 3.63) is 33.8 Å². The minimum atomic E-state index is -2.27. The monoisotopic (exact) mass is 436 g/mol. The summed E-state index contributed by atoms with van der Waals surface area (Å²) in [5, 5.41) is 37.4. The van der Waals surface area contributed by atoms with E-state index in [0.717, 1.165) is 49.2 Å². The number of nitrogens with one attached hydrogen (secondary N) is 1. The molecule has 0 saturated carbocycles. The molecule has 1 aromatic rings. The molecule has 0 amide bonds. The molecule has 2 rings (SSSR count). The van der Waals surface area contributed by atoms with Crippen LogP contribution >= 0.6 is 23.2 Å². The van der Waals surface area contributed by atoms with Crippen LogP contribution in [-0.4, -0.2) is 75.7 Å². The lowest BCUT2D eigenvalue weighted by Crippen LogP contribution is -2.39. The number of aliphatic carboxylic acids is 2. The molecule has 0 bridgehead atoms. The van der Waals surface area contributed by atoms with Crippen molar-refractivity contribution >= 4 is 35.1 Å². The topological polar surface area (TPSA) is 130 Å². The summed E-state index contributed by atoms with van der Waals surface area (Å²) in [6, 6.07) is 5.76. The van der Waals surface area contributed by atoms with Crippen molar-refractivity contribution in [1.82, 2.24) is 10.2 Å². The van der Waals surface area contributed by atoms with Gasteiger partial charge in [0.25, 0.3) is 0 Å². The van der Waals surface area contributed by atoms with E-state index in [1.165, 1.54) is 6.42 Å². The van der Waals surface area contributed by atoms with Crippen LogP contribution in [0, 0.1) is 5.92 Å². The molecular weight excluding hydrogens is 411 g/mol. The first-order chi connectivity index (χ1) is 13.1. The third-order valence-corrected chi connectivity index (χ3v) is 4.93. The molecule has 2 unspecified atom stereocenters. The molecule has 28 heavy (non-hydrogen) atoms. The van der Waals surface area contributed by atoms with Gasteiger partial charge in [0.1, 0.15) is 0 Å². The van der Waals surface area contributed by atoms with Gasteiger partial charge in [-0.2, -0.15) is 0 Å². The molecule has 1 saturated heterocycles. The average Bonchev–Trinajstić information content (AvgIpc) is 3.15. The third kappa shape index (κ3) is 8.30. The summed E-state index contributed by atoms with van der Waals surface area (Å²) >= 11 is 12.1. The Bertz CT molecular complexity index is 637. The van der Waals surface area contributed by atoms with Gasteiger partial charge in [0, 0.05) is 23.1 Å². The molecule has 158 valence electrons. The largest absolute Gasteiger partial charge is 0.479 e. The van der Waals surface area contributed by atoms with Crippen molar-refractivity contribution in [2.75, 3.05) is 26.2 Å². The summed E-state index contributed by atoms with van der Waals surface area (Å²) in [5.41, 5.74) is 1.16. The van der Waals surface area contributed by atoms with Crippen LogP contribution in [0.1, 0.15) is 18.9 Å². The van der Waals surface area contributed by atoms with Gasteiger partial charge >= 0.3 is 11.9 Å². The Morgan fingerprint density at radius 1 is 1.21 bits per heavy atom. The van der Waals surface area contributed by atoms with Crippen molar-refractivity contribution in [2.45, 2.75) is 32.1 Å². The molecule has 0 aromatic heterocycles. The van der Waals surface area contributed by atoms with Gasteiger partial charge in [-0.3, -0.25) is 4.90 Å². The van der Waals surface area contributed by atoms with E-state index in [0.29, 0.717) is 5.02 Å². The number of hydrogen-bond donors (Lipinski definition) is 5. The molecule has 1 heterocycles. The number of halogens is 2. The molecule has 1 aliphatic rings. The predicted molar refractivity (Wildman–Crippen MR) is 106 cm³/mol. The molecule has 1 fully saturated rings. The summed E-state index contributed by atoms with van der Waals surface area (Å²) in [7, 11) is 0. The van der Waals surface area contributed by atoms with Gasteiger partial charge in [0.05, 0.1) is 0 Å².